The summed E-state index contributed by atoms with van der Waals surface area (Å²) >= 11 is 0. The SMILES string of the molecule is CC#N.CC#N.Cc1ccc2cccc(N(C)[C@@H]3CCCC[C@H]3N(C)c3cccc4ccc(C)nc34)c2n1.[O-][Cl+3]([O-])([O-])[O-].[O-][Cl+3]([O-])([O-])[O-].[Ru+4]. The smallest absolute Gasteiger partial charge is 0.368 e. The summed E-state index contributed by atoms with van der Waals surface area (Å²) in [5.74, 6) is 0. The molecule has 2 atom stereocenters. The van der Waals surface area contributed by atoms with Gasteiger partial charge >= 0.3 is 19.5 Å². The molecular formula is C32H38Cl2N6O8Ru+2. The zero-order valence-electron chi connectivity index (χ0n) is 27.8. The van der Waals surface area contributed by atoms with Crippen molar-refractivity contribution in [3.05, 3.63) is 72.1 Å². The predicted octanol–water partition coefficient (Wildman–Crippen LogP) is -2.17. The average Bonchev–Trinajstić information content (AvgIpc) is 2.99. The van der Waals surface area contributed by atoms with E-state index >= 15 is 0 Å². The van der Waals surface area contributed by atoms with Crippen molar-refractivity contribution in [2.24, 2.45) is 0 Å². The fourth-order valence-electron chi connectivity index (χ4n) is 5.38. The molecule has 0 aliphatic heterocycles. The van der Waals surface area contributed by atoms with Crippen molar-refractivity contribution in [2.75, 3.05) is 23.9 Å². The Hall–Kier alpha value is -3.28. The van der Waals surface area contributed by atoms with Crippen molar-refractivity contribution in [1.82, 2.24) is 9.97 Å². The van der Waals surface area contributed by atoms with Crippen LogP contribution in [0.25, 0.3) is 21.8 Å². The minimum Gasteiger partial charge on any atom is -0.368 e. The van der Waals surface area contributed by atoms with Crippen LogP contribution in [-0.2, 0) is 19.5 Å². The molecule has 5 rings (SSSR count). The van der Waals surface area contributed by atoms with Gasteiger partial charge in [0.2, 0.25) is 0 Å². The van der Waals surface area contributed by atoms with Crippen LogP contribution in [0.3, 0.4) is 0 Å². The fraction of sp³-hybridized carbons (Fsp3) is 0.375. The topological polar surface area (TPSA) is 264 Å². The number of anilines is 2. The summed E-state index contributed by atoms with van der Waals surface area (Å²) < 4.78 is 67.9. The molecule has 2 heterocycles. The van der Waals surface area contributed by atoms with E-state index in [-0.39, 0.29) is 19.5 Å². The van der Waals surface area contributed by atoms with Gasteiger partial charge in [-0.1, -0.05) is 49.2 Å². The number of fused-ring (bicyclic) bond motifs is 2. The van der Waals surface area contributed by atoms with Crippen LogP contribution in [0.2, 0.25) is 0 Å². The molecule has 1 saturated carbocycles. The maximum Gasteiger partial charge on any atom is 4.00 e. The van der Waals surface area contributed by atoms with Crippen molar-refractivity contribution < 1.29 is 77.2 Å². The van der Waals surface area contributed by atoms with Crippen LogP contribution < -0.4 is 47.1 Å². The zero-order chi connectivity index (χ0) is 36.7. The van der Waals surface area contributed by atoms with E-state index in [2.05, 4.69) is 98.4 Å². The van der Waals surface area contributed by atoms with Crippen LogP contribution in [0.5, 0.6) is 0 Å². The zero-order valence-corrected chi connectivity index (χ0v) is 31.1. The molecule has 1 fully saturated rings. The first-order chi connectivity index (χ1) is 22.4. The van der Waals surface area contributed by atoms with E-state index in [9.17, 15) is 0 Å². The number of hydrogen-bond acceptors (Lipinski definition) is 14. The largest absolute Gasteiger partial charge is 4.00 e. The van der Waals surface area contributed by atoms with Crippen LogP contribution in [0.4, 0.5) is 11.4 Å². The molecule has 1 aliphatic rings. The molecule has 0 bridgehead atoms. The Kier molecular flexibility index (Phi) is 20.3. The second-order valence-corrected chi connectivity index (χ2v) is 12.0. The molecule has 0 radical (unpaired) electrons. The third kappa shape index (κ3) is 16.8. The van der Waals surface area contributed by atoms with Crippen LogP contribution in [0, 0.1) is 57.0 Å². The van der Waals surface area contributed by atoms with Crippen molar-refractivity contribution in [3.63, 3.8) is 0 Å². The van der Waals surface area contributed by atoms with E-state index < -0.39 is 20.5 Å². The molecule has 0 spiro atoms. The quantitative estimate of drug-likeness (QED) is 0.199. The monoisotopic (exact) mass is 806 g/mol. The molecule has 0 unspecified atom stereocenters. The van der Waals surface area contributed by atoms with Crippen molar-refractivity contribution in [2.45, 2.75) is 65.5 Å². The summed E-state index contributed by atoms with van der Waals surface area (Å²) in [5.41, 5.74) is 6.78. The maximum atomic E-state index is 8.49. The molecular weight excluding hydrogens is 768 g/mol. The Labute approximate surface area is 303 Å². The Balaban J connectivity index is 0.00000115. The van der Waals surface area contributed by atoms with Crippen LogP contribution in [0.1, 0.15) is 50.9 Å². The summed E-state index contributed by atoms with van der Waals surface area (Å²) in [6, 6.07) is 26.0. The molecule has 0 saturated heterocycles. The van der Waals surface area contributed by atoms with Gasteiger partial charge in [-0.2, -0.15) is 10.5 Å². The molecule has 2 aromatic heterocycles. The number of halogens is 2. The summed E-state index contributed by atoms with van der Waals surface area (Å²) in [7, 11) is -5.39. The number of pyridine rings is 2. The molecule has 2 aromatic carbocycles. The van der Waals surface area contributed by atoms with Gasteiger partial charge in [0, 0.05) is 62.2 Å². The standard InChI is InChI=1S/C28H32N4.2C2H3N.2ClHO4.Ru/c1-19-15-17-21-9-7-13-25(27(21)29-19)31(3)23-11-5-6-12-24(23)32(4)26-14-8-10-22-18-16-20(2)30-28(22)26;2*1-2-3;2*2-1(3,4)5;/h7-10,13-18,23-24H,5-6,11-12H2,1-4H3;2*1H3;2*(H,2,3,4,5);/q;;;;;+4/p-2/t23-,24-;;;;;/m1...../s1. The Morgan fingerprint density at radius 3 is 1.18 bits per heavy atom. The second kappa shape index (κ2) is 21.7. The molecule has 1 aliphatic carbocycles. The number of rotatable bonds is 4. The Bertz CT molecular complexity index is 1540. The molecule has 14 nitrogen and oxygen atoms in total. The third-order valence-electron chi connectivity index (χ3n) is 7.13. The Morgan fingerprint density at radius 2 is 0.898 bits per heavy atom. The van der Waals surface area contributed by atoms with E-state index in [1.807, 2.05) is 0 Å². The van der Waals surface area contributed by atoms with Gasteiger partial charge in [-0.3, -0.25) is 9.97 Å². The van der Waals surface area contributed by atoms with Gasteiger partial charge in [-0.05, 0) is 51.0 Å². The number of nitriles is 2. The summed E-state index contributed by atoms with van der Waals surface area (Å²) in [6.45, 7) is 7.01. The van der Waals surface area contributed by atoms with E-state index in [0.717, 1.165) is 22.4 Å². The number of aromatic nitrogens is 2. The summed E-state index contributed by atoms with van der Waals surface area (Å²) in [6.07, 6.45) is 4.91. The van der Waals surface area contributed by atoms with Gasteiger partial charge in [0.05, 0.1) is 34.5 Å². The first-order valence-electron chi connectivity index (χ1n) is 14.4. The number of aryl methyl sites for hydroxylation is 2. The summed E-state index contributed by atoms with van der Waals surface area (Å²) in [4.78, 5) is 14.8. The molecule has 0 amide bonds. The van der Waals surface area contributed by atoms with Gasteiger partial charge in [0.15, 0.2) is 0 Å². The normalized spacial score (nSPS) is 15.0. The van der Waals surface area contributed by atoms with Gasteiger partial charge in [-0.25, -0.2) is 37.3 Å². The number of para-hydroxylation sites is 2. The van der Waals surface area contributed by atoms with E-state index in [1.54, 1.807) is 12.1 Å². The van der Waals surface area contributed by atoms with E-state index in [1.165, 1.54) is 61.7 Å². The fourth-order valence-corrected chi connectivity index (χ4v) is 5.38. The average molecular weight is 807 g/mol. The molecule has 0 N–H and O–H groups in total. The van der Waals surface area contributed by atoms with Gasteiger partial charge in [0.1, 0.15) is 0 Å². The van der Waals surface area contributed by atoms with Crippen molar-refractivity contribution in [1.29, 1.82) is 10.5 Å². The second-order valence-electron chi connectivity index (χ2n) is 10.4. The number of likely N-dealkylation sites (N-methyl/N-ethyl adjacent to an activating group) is 2. The maximum absolute atomic E-state index is 8.49. The molecule has 264 valence electrons. The van der Waals surface area contributed by atoms with E-state index in [0.29, 0.717) is 12.1 Å². The van der Waals surface area contributed by atoms with Crippen molar-refractivity contribution in [3.8, 4) is 12.1 Å². The Morgan fingerprint density at radius 1 is 0.612 bits per heavy atom. The number of benzene rings is 2. The minimum atomic E-state index is -4.94. The summed E-state index contributed by atoms with van der Waals surface area (Å²) in [5, 5.41) is 17.0. The number of nitrogens with zero attached hydrogens (tertiary/aromatic N) is 6. The first-order valence-corrected chi connectivity index (χ1v) is 16.9. The van der Waals surface area contributed by atoms with E-state index in [4.69, 9.17) is 57.8 Å². The van der Waals surface area contributed by atoms with Crippen LogP contribution in [-0.4, -0.2) is 36.1 Å². The van der Waals surface area contributed by atoms with Gasteiger partial charge in [0.25, 0.3) is 0 Å². The van der Waals surface area contributed by atoms with Crippen LogP contribution in [0.15, 0.2) is 60.7 Å². The van der Waals surface area contributed by atoms with Gasteiger partial charge in [-0.15, -0.1) is 20.5 Å². The van der Waals surface area contributed by atoms with Crippen LogP contribution >= 0.6 is 0 Å². The molecule has 17 heteroatoms. The number of hydrogen-bond donors (Lipinski definition) is 0. The first kappa shape index (κ1) is 45.7. The molecule has 49 heavy (non-hydrogen) atoms. The predicted molar refractivity (Wildman–Crippen MR) is 158 cm³/mol. The minimum absolute atomic E-state index is 0. The van der Waals surface area contributed by atoms with Gasteiger partial charge < -0.3 is 9.80 Å². The van der Waals surface area contributed by atoms with Crippen molar-refractivity contribution >= 4 is 33.2 Å². The third-order valence-corrected chi connectivity index (χ3v) is 7.13. The molecule has 4 aromatic rings.